The molecule has 1 aromatic rings. The average Bonchev–Trinajstić information content (AvgIpc) is 2.92. The third-order valence-electron chi connectivity index (χ3n) is 3.76. The third kappa shape index (κ3) is 3.10. The molecular formula is C14H18N2O3. The Kier molecular flexibility index (Phi) is 4.14. The quantitative estimate of drug-likeness (QED) is 0.870. The van der Waals surface area contributed by atoms with E-state index in [0.717, 1.165) is 12.8 Å². The van der Waals surface area contributed by atoms with E-state index in [0.29, 0.717) is 5.92 Å². The van der Waals surface area contributed by atoms with Gasteiger partial charge in [-0.3, -0.25) is 9.78 Å². The van der Waals surface area contributed by atoms with E-state index < -0.39 is 5.97 Å². The zero-order valence-electron chi connectivity index (χ0n) is 10.9. The fourth-order valence-corrected chi connectivity index (χ4v) is 2.62. The van der Waals surface area contributed by atoms with Crippen LogP contribution in [0.2, 0.25) is 0 Å². The molecule has 1 heterocycles. The Balaban J connectivity index is 2.09. The Morgan fingerprint density at radius 3 is 2.68 bits per heavy atom. The maximum atomic E-state index is 12.1. The molecule has 1 atom stereocenters. The molecule has 1 fully saturated rings. The highest BCUT2D eigenvalue weighted by atomic mass is 16.4. The smallest absolute Gasteiger partial charge is 0.338 e. The normalized spacial score (nSPS) is 17.1. The molecule has 5 heteroatoms. The second-order valence-corrected chi connectivity index (χ2v) is 5.03. The molecule has 1 saturated carbocycles. The van der Waals surface area contributed by atoms with Crippen molar-refractivity contribution >= 4 is 11.9 Å². The number of nitrogens with one attached hydrogen (secondary N) is 1. The summed E-state index contributed by atoms with van der Waals surface area (Å²) in [6.07, 6.45) is 7.31. The van der Waals surface area contributed by atoms with Crippen LogP contribution in [0.3, 0.4) is 0 Å². The van der Waals surface area contributed by atoms with Crippen LogP contribution in [0.5, 0.6) is 0 Å². The first kappa shape index (κ1) is 13.5. The van der Waals surface area contributed by atoms with Crippen molar-refractivity contribution in [2.24, 2.45) is 5.92 Å². The summed E-state index contributed by atoms with van der Waals surface area (Å²) in [5, 5.41) is 11.9. The maximum Gasteiger partial charge on any atom is 0.338 e. The Labute approximate surface area is 112 Å². The fourth-order valence-electron chi connectivity index (χ4n) is 2.62. The lowest BCUT2D eigenvalue weighted by atomic mass is 9.99. The van der Waals surface area contributed by atoms with Crippen LogP contribution in [0.1, 0.15) is 53.3 Å². The number of carboxylic acids is 1. The van der Waals surface area contributed by atoms with Crippen LogP contribution in [0.4, 0.5) is 0 Å². The van der Waals surface area contributed by atoms with Crippen LogP contribution >= 0.6 is 0 Å². The van der Waals surface area contributed by atoms with E-state index in [1.807, 2.05) is 6.92 Å². The number of carbonyl (C=O) groups excluding carboxylic acids is 1. The summed E-state index contributed by atoms with van der Waals surface area (Å²) in [6, 6.07) is 1.52. The Morgan fingerprint density at radius 2 is 2.05 bits per heavy atom. The van der Waals surface area contributed by atoms with E-state index in [1.54, 1.807) is 0 Å². The predicted molar refractivity (Wildman–Crippen MR) is 70.1 cm³/mol. The fraction of sp³-hybridized carbons (Fsp3) is 0.500. The molecule has 5 nitrogen and oxygen atoms in total. The van der Waals surface area contributed by atoms with Gasteiger partial charge in [-0.1, -0.05) is 12.8 Å². The second kappa shape index (κ2) is 5.82. The van der Waals surface area contributed by atoms with Crippen molar-refractivity contribution in [2.75, 3.05) is 0 Å². The topological polar surface area (TPSA) is 79.3 Å². The number of nitrogens with zero attached hydrogens (tertiary/aromatic N) is 1. The SMILES string of the molecule is CC(NC(=O)c1ccncc1C(=O)O)C1CCCC1. The van der Waals surface area contributed by atoms with Gasteiger partial charge in [0.25, 0.3) is 5.91 Å². The molecule has 0 radical (unpaired) electrons. The lowest BCUT2D eigenvalue weighted by Crippen LogP contribution is -2.37. The van der Waals surface area contributed by atoms with Crippen molar-refractivity contribution in [3.63, 3.8) is 0 Å². The zero-order valence-corrected chi connectivity index (χ0v) is 10.9. The van der Waals surface area contributed by atoms with E-state index in [-0.39, 0.29) is 23.1 Å². The summed E-state index contributed by atoms with van der Waals surface area (Å²) in [5.74, 6) is -0.968. The molecule has 2 N–H and O–H groups in total. The van der Waals surface area contributed by atoms with Gasteiger partial charge in [0.2, 0.25) is 0 Å². The van der Waals surface area contributed by atoms with Crippen molar-refractivity contribution in [1.82, 2.24) is 10.3 Å². The number of amides is 1. The van der Waals surface area contributed by atoms with Crippen molar-refractivity contribution < 1.29 is 14.7 Å². The minimum Gasteiger partial charge on any atom is -0.478 e. The molecule has 2 rings (SSSR count). The summed E-state index contributed by atoms with van der Waals surface area (Å²) in [4.78, 5) is 26.9. The van der Waals surface area contributed by atoms with Gasteiger partial charge < -0.3 is 10.4 Å². The molecule has 0 bridgehead atoms. The van der Waals surface area contributed by atoms with Crippen LogP contribution in [-0.2, 0) is 0 Å². The third-order valence-corrected chi connectivity index (χ3v) is 3.76. The molecule has 1 aromatic heterocycles. The molecule has 0 aromatic carbocycles. The van der Waals surface area contributed by atoms with E-state index >= 15 is 0 Å². The molecule has 102 valence electrons. The summed E-state index contributed by atoms with van der Waals surface area (Å²) >= 11 is 0. The lowest BCUT2D eigenvalue weighted by molar-refractivity contribution is 0.0689. The Morgan fingerprint density at radius 1 is 1.37 bits per heavy atom. The second-order valence-electron chi connectivity index (χ2n) is 5.03. The van der Waals surface area contributed by atoms with Gasteiger partial charge in [-0.15, -0.1) is 0 Å². The van der Waals surface area contributed by atoms with Crippen molar-refractivity contribution in [3.8, 4) is 0 Å². The van der Waals surface area contributed by atoms with Crippen molar-refractivity contribution in [2.45, 2.75) is 38.6 Å². The Bertz CT molecular complexity index is 481. The van der Waals surface area contributed by atoms with Gasteiger partial charge in [0.1, 0.15) is 0 Å². The first-order valence-electron chi connectivity index (χ1n) is 6.57. The van der Waals surface area contributed by atoms with Crippen LogP contribution in [0.15, 0.2) is 18.5 Å². The average molecular weight is 262 g/mol. The number of hydrogen-bond donors (Lipinski definition) is 2. The van der Waals surface area contributed by atoms with Gasteiger partial charge in [0, 0.05) is 18.4 Å². The van der Waals surface area contributed by atoms with Gasteiger partial charge >= 0.3 is 5.97 Å². The van der Waals surface area contributed by atoms with Crippen molar-refractivity contribution in [3.05, 3.63) is 29.6 Å². The summed E-state index contributed by atoms with van der Waals surface area (Å²) in [7, 11) is 0. The maximum absolute atomic E-state index is 12.1. The summed E-state index contributed by atoms with van der Waals surface area (Å²) < 4.78 is 0. The number of pyridine rings is 1. The molecular weight excluding hydrogens is 244 g/mol. The molecule has 1 amide bonds. The number of aromatic nitrogens is 1. The molecule has 1 aliphatic rings. The van der Waals surface area contributed by atoms with Crippen molar-refractivity contribution in [1.29, 1.82) is 0 Å². The van der Waals surface area contributed by atoms with Gasteiger partial charge in [-0.05, 0) is 31.7 Å². The molecule has 1 unspecified atom stereocenters. The van der Waals surface area contributed by atoms with Gasteiger partial charge in [-0.25, -0.2) is 4.79 Å². The van der Waals surface area contributed by atoms with E-state index in [1.165, 1.54) is 31.3 Å². The first-order chi connectivity index (χ1) is 9.09. The molecule has 1 aliphatic carbocycles. The zero-order chi connectivity index (χ0) is 13.8. The molecule has 0 saturated heterocycles. The van der Waals surface area contributed by atoms with Crippen LogP contribution in [-0.4, -0.2) is 28.0 Å². The molecule has 0 spiro atoms. The van der Waals surface area contributed by atoms with Crippen LogP contribution in [0, 0.1) is 5.92 Å². The highest BCUT2D eigenvalue weighted by Gasteiger charge is 2.24. The standard InChI is InChI=1S/C14H18N2O3/c1-9(10-4-2-3-5-10)16-13(17)11-6-7-15-8-12(11)14(18)19/h6-10H,2-5H2,1H3,(H,16,17)(H,18,19). The van der Waals surface area contributed by atoms with Crippen LogP contribution in [0.25, 0.3) is 0 Å². The number of hydrogen-bond acceptors (Lipinski definition) is 3. The first-order valence-corrected chi connectivity index (χ1v) is 6.57. The minimum absolute atomic E-state index is 0.0568. The molecule has 19 heavy (non-hydrogen) atoms. The lowest BCUT2D eigenvalue weighted by Gasteiger charge is -2.20. The Hall–Kier alpha value is -1.91. The molecule has 0 aliphatic heterocycles. The largest absolute Gasteiger partial charge is 0.478 e. The number of aromatic carboxylic acids is 1. The van der Waals surface area contributed by atoms with Gasteiger partial charge in [0.05, 0.1) is 11.1 Å². The monoisotopic (exact) mass is 262 g/mol. The van der Waals surface area contributed by atoms with Gasteiger partial charge in [-0.2, -0.15) is 0 Å². The number of carbonyl (C=O) groups is 2. The minimum atomic E-state index is -1.13. The summed E-state index contributed by atoms with van der Waals surface area (Å²) in [6.45, 7) is 1.98. The number of carboxylic acid groups (broad SMARTS) is 1. The van der Waals surface area contributed by atoms with E-state index in [9.17, 15) is 9.59 Å². The van der Waals surface area contributed by atoms with E-state index in [4.69, 9.17) is 5.11 Å². The van der Waals surface area contributed by atoms with Gasteiger partial charge in [0.15, 0.2) is 0 Å². The van der Waals surface area contributed by atoms with E-state index in [2.05, 4.69) is 10.3 Å². The summed E-state index contributed by atoms with van der Waals surface area (Å²) in [5.41, 5.74) is 0.117. The highest BCUT2D eigenvalue weighted by molar-refractivity contribution is 6.04. The highest BCUT2D eigenvalue weighted by Crippen LogP contribution is 2.27. The number of rotatable bonds is 4. The van der Waals surface area contributed by atoms with Crippen LogP contribution < -0.4 is 5.32 Å². The predicted octanol–water partition coefficient (Wildman–Crippen LogP) is 2.09.